The predicted molar refractivity (Wildman–Crippen MR) is 72.3 cm³/mol. The van der Waals surface area contributed by atoms with Crippen LogP contribution in [0.3, 0.4) is 0 Å². The zero-order valence-electron chi connectivity index (χ0n) is 9.94. The van der Waals surface area contributed by atoms with Gasteiger partial charge in [-0.3, -0.25) is 4.79 Å². The Balaban J connectivity index is 1.91. The van der Waals surface area contributed by atoms with Crippen molar-refractivity contribution >= 4 is 27.5 Å². The molecule has 1 heterocycles. The highest BCUT2D eigenvalue weighted by atomic mass is 79.9. The normalized spacial score (nSPS) is 10.3. The molecule has 0 fully saturated rings. The molecule has 0 spiro atoms. The van der Waals surface area contributed by atoms with E-state index in [1.54, 1.807) is 6.26 Å². The Morgan fingerprint density at radius 3 is 3.00 bits per heavy atom. The van der Waals surface area contributed by atoms with Gasteiger partial charge < -0.3 is 9.73 Å². The van der Waals surface area contributed by atoms with Gasteiger partial charge in [0, 0.05) is 23.0 Å². The molecule has 2 rings (SSSR count). The molecule has 0 bridgehead atoms. The minimum absolute atomic E-state index is 0.0246. The van der Waals surface area contributed by atoms with Gasteiger partial charge in [-0.2, -0.15) is 0 Å². The van der Waals surface area contributed by atoms with Crippen molar-refractivity contribution < 1.29 is 9.21 Å². The SMILES string of the molecule is Cc1cc(Br)ccc1NC(=O)CCc1cocn1. The molecule has 0 radical (unpaired) electrons. The number of benzene rings is 1. The number of aromatic nitrogens is 1. The highest BCUT2D eigenvalue weighted by molar-refractivity contribution is 9.10. The van der Waals surface area contributed by atoms with Crippen LogP contribution in [0.1, 0.15) is 17.7 Å². The lowest BCUT2D eigenvalue weighted by Crippen LogP contribution is -2.13. The average molecular weight is 309 g/mol. The fraction of sp³-hybridized carbons (Fsp3) is 0.231. The molecular weight excluding hydrogens is 296 g/mol. The molecule has 1 N–H and O–H groups in total. The molecule has 0 saturated heterocycles. The van der Waals surface area contributed by atoms with E-state index < -0.39 is 0 Å². The van der Waals surface area contributed by atoms with Crippen LogP contribution in [0.4, 0.5) is 5.69 Å². The Hall–Kier alpha value is -1.62. The zero-order chi connectivity index (χ0) is 13.0. The minimum atomic E-state index is -0.0246. The van der Waals surface area contributed by atoms with Gasteiger partial charge in [-0.15, -0.1) is 0 Å². The molecule has 0 atom stereocenters. The number of amides is 1. The number of rotatable bonds is 4. The van der Waals surface area contributed by atoms with E-state index in [0.717, 1.165) is 21.4 Å². The van der Waals surface area contributed by atoms with Gasteiger partial charge in [-0.1, -0.05) is 15.9 Å². The lowest BCUT2D eigenvalue weighted by Gasteiger charge is -2.08. The van der Waals surface area contributed by atoms with E-state index in [9.17, 15) is 4.79 Å². The summed E-state index contributed by atoms with van der Waals surface area (Å²) in [5, 5.41) is 2.88. The van der Waals surface area contributed by atoms with Gasteiger partial charge in [-0.25, -0.2) is 4.98 Å². The van der Waals surface area contributed by atoms with Crippen LogP contribution >= 0.6 is 15.9 Å². The van der Waals surface area contributed by atoms with Crippen molar-refractivity contribution in [2.45, 2.75) is 19.8 Å². The van der Waals surface area contributed by atoms with Crippen LogP contribution in [0.25, 0.3) is 0 Å². The topological polar surface area (TPSA) is 55.1 Å². The second-order valence-electron chi connectivity index (χ2n) is 3.99. The number of hydrogen-bond donors (Lipinski definition) is 1. The number of aryl methyl sites for hydroxylation is 2. The van der Waals surface area contributed by atoms with Crippen LogP contribution in [-0.4, -0.2) is 10.9 Å². The van der Waals surface area contributed by atoms with E-state index in [-0.39, 0.29) is 5.91 Å². The Labute approximate surface area is 114 Å². The first-order chi connectivity index (χ1) is 8.65. The van der Waals surface area contributed by atoms with Crippen molar-refractivity contribution in [3.63, 3.8) is 0 Å². The second kappa shape index (κ2) is 5.82. The maximum atomic E-state index is 11.8. The molecule has 18 heavy (non-hydrogen) atoms. The van der Waals surface area contributed by atoms with Crippen molar-refractivity contribution in [1.29, 1.82) is 0 Å². The molecule has 1 aromatic heterocycles. The molecule has 0 saturated carbocycles. The van der Waals surface area contributed by atoms with E-state index in [1.807, 2.05) is 25.1 Å². The second-order valence-corrected chi connectivity index (χ2v) is 4.90. The van der Waals surface area contributed by atoms with Crippen LogP contribution < -0.4 is 5.32 Å². The van der Waals surface area contributed by atoms with E-state index in [0.29, 0.717) is 12.8 Å². The average Bonchev–Trinajstić information content (AvgIpc) is 2.83. The highest BCUT2D eigenvalue weighted by Crippen LogP contribution is 2.20. The summed E-state index contributed by atoms with van der Waals surface area (Å²) in [4.78, 5) is 15.7. The molecule has 4 nitrogen and oxygen atoms in total. The smallest absolute Gasteiger partial charge is 0.224 e. The van der Waals surface area contributed by atoms with Crippen LogP contribution in [0.15, 0.2) is 39.7 Å². The van der Waals surface area contributed by atoms with Crippen LogP contribution in [0.2, 0.25) is 0 Å². The highest BCUT2D eigenvalue weighted by Gasteiger charge is 2.06. The Morgan fingerprint density at radius 2 is 2.33 bits per heavy atom. The summed E-state index contributed by atoms with van der Waals surface area (Å²) in [5.41, 5.74) is 2.65. The lowest BCUT2D eigenvalue weighted by molar-refractivity contribution is -0.116. The largest absolute Gasteiger partial charge is 0.451 e. The number of halogens is 1. The molecule has 1 aromatic carbocycles. The van der Waals surface area contributed by atoms with Gasteiger partial charge in [0.25, 0.3) is 0 Å². The third-order valence-corrected chi connectivity index (χ3v) is 3.05. The summed E-state index contributed by atoms with van der Waals surface area (Å²) >= 11 is 3.39. The minimum Gasteiger partial charge on any atom is -0.451 e. The van der Waals surface area contributed by atoms with Crippen molar-refractivity contribution in [1.82, 2.24) is 4.98 Å². The Morgan fingerprint density at radius 1 is 1.50 bits per heavy atom. The number of nitrogens with zero attached hydrogens (tertiary/aromatic N) is 1. The van der Waals surface area contributed by atoms with Crippen LogP contribution in [0.5, 0.6) is 0 Å². The number of carbonyl (C=O) groups excluding carboxylic acids is 1. The Bertz CT molecular complexity index is 538. The van der Waals surface area contributed by atoms with E-state index in [1.165, 1.54) is 6.39 Å². The molecule has 0 aliphatic carbocycles. The summed E-state index contributed by atoms with van der Waals surface area (Å²) in [5.74, 6) is -0.0246. The van der Waals surface area contributed by atoms with Crippen molar-refractivity contribution in [3.8, 4) is 0 Å². The van der Waals surface area contributed by atoms with E-state index in [2.05, 4.69) is 26.2 Å². The van der Waals surface area contributed by atoms with Gasteiger partial charge >= 0.3 is 0 Å². The molecule has 1 amide bonds. The van der Waals surface area contributed by atoms with E-state index >= 15 is 0 Å². The van der Waals surface area contributed by atoms with Gasteiger partial charge in [0.2, 0.25) is 5.91 Å². The van der Waals surface area contributed by atoms with Gasteiger partial charge in [-0.05, 0) is 30.7 Å². The number of hydrogen-bond acceptors (Lipinski definition) is 3. The maximum absolute atomic E-state index is 11.8. The number of carbonyl (C=O) groups is 1. The summed E-state index contributed by atoms with van der Waals surface area (Å²) in [6.07, 6.45) is 3.89. The molecular formula is C13H13BrN2O2. The first kappa shape index (κ1) is 12.8. The van der Waals surface area contributed by atoms with Crippen molar-refractivity contribution in [2.24, 2.45) is 0 Å². The van der Waals surface area contributed by atoms with Crippen molar-refractivity contribution in [2.75, 3.05) is 5.32 Å². The fourth-order valence-electron chi connectivity index (χ4n) is 1.58. The first-order valence-corrected chi connectivity index (χ1v) is 6.37. The quantitative estimate of drug-likeness (QED) is 0.942. The standard InChI is InChI=1S/C13H13BrN2O2/c1-9-6-10(14)2-4-12(9)16-13(17)5-3-11-7-18-8-15-11/h2,4,6-8H,3,5H2,1H3,(H,16,17). The fourth-order valence-corrected chi connectivity index (χ4v) is 2.06. The summed E-state index contributed by atoms with van der Waals surface area (Å²) < 4.78 is 5.85. The molecule has 0 aliphatic rings. The van der Waals surface area contributed by atoms with Gasteiger partial charge in [0.1, 0.15) is 6.26 Å². The summed E-state index contributed by atoms with van der Waals surface area (Å²) in [6.45, 7) is 1.96. The molecule has 94 valence electrons. The lowest BCUT2D eigenvalue weighted by atomic mass is 10.2. The molecule has 5 heteroatoms. The monoisotopic (exact) mass is 308 g/mol. The summed E-state index contributed by atoms with van der Waals surface area (Å²) in [7, 11) is 0. The van der Waals surface area contributed by atoms with E-state index in [4.69, 9.17) is 4.42 Å². The maximum Gasteiger partial charge on any atom is 0.224 e. The van der Waals surface area contributed by atoms with Gasteiger partial charge in [0.05, 0.1) is 5.69 Å². The third kappa shape index (κ3) is 3.43. The molecule has 0 unspecified atom stereocenters. The summed E-state index contributed by atoms with van der Waals surface area (Å²) in [6, 6.07) is 5.75. The number of nitrogens with one attached hydrogen (secondary N) is 1. The van der Waals surface area contributed by atoms with Crippen LogP contribution in [-0.2, 0) is 11.2 Å². The first-order valence-electron chi connectivity index (χ1n) is 5.58. The number of anilines is 1. The van der Waals surface area contributed by atoms with Crippen molar-refractivity contribution in [3.05, 3.63) is 46.6 Å². The molecule has 2 aromatic rings. The zero-order valence-corrected chi connectivity index (χ0v) is 11.5. The Kier molecular flexibility index (Phi) is 4.15. The predicted octanol–water partition coefficient (Wildman–Crippen LogP) is 3.32. The third-order valence-electron chi connectivity index (χ3n) is 2.55. The van der Waals surface area contributed by atoms with Crippen LogP contribution in [0, 0.1) is 6.92 Å². The molecule has 0 aliphatic heterocycles. The number of oxazole rings is 1. The van der Waals surface area contributed by atoms with Gasteiger partial charge in [0.15, 0.2) is 6.39 Å².